The summed E-state index contributed by atoms with van der Waals surface area (Å²) in [5, 5.41) is 3.54. The number of aryl methyl sites for hydroxylation is 1. The number of pyridine rings is 1. The lowest BCUT2D eigenvalue weighted by molar-refractivity contribution is 0.102. The lowest BCUT2D eigenvalue weighted by Crippen LogP contribution is -2.24. The van der Waals surface area contributed by atoms with Crippen molar-refractivity contribution in [2.24, 2.45) is 0 Å². The van der Waals surface area contributed by atoms with E-state index >= 15 is 0 Å². The van der Waals surface area contributed by atoms with Crippen molar-refractivity contribution >= 4 is 29.0 Å². The summed E-state index contributed by atoms with van der Waals surface area (Å²) < 4.78 is 0. The molecule has 1 aliphatic heterocycles. The van der Waals surface area contributed by atoms with Crippen LogP contribution in [-0.4, -0.2) is 24.0 Å². The number of benzene rings is 1. The van der Waals surface area contributed by atoms with Crippen molar-refractivity contribution < 1.29 is 4.79 Å². The van der Waals surface area contributed by atoms with Crippen LogP contribution in [0.4, 0.5) is 11.5 Å². The smallest absolute Gasteiger partial charge is 0.259 e. The van der Waals surface area contributed by atoms with Crippen LogP contribution >= 0.6 is 11.6 Å². The zero-order valence-electron chi connectivity index (χ0n) is 12.5. The Hall–Kier alpha value is -2.07. The van der Waals surface area contributed by atoms with Gasteiger partial charge in [0.2, 0.25) is 0 Å². The van der Waals surface area contributed by atoms with Crippen molar-refractivity contribution in [3.63, 3.8) is 0 Å². The molecule has 5 heteroatoms. The van der Waals surface area contributed by atoms with Gasteiger partial charge in [-0.15, -0.1) is 0 Å². The highest BCUT2D eigenvalue weighted by atomic mass is 35.5. The molecule has 1 fully saturated rings. The molecular weight excluding hydrogens is 298 g/mol. The fourth-order valence-corrected chi connectivity index (χ4v) is 2.80. The molecule has 1 aromatic carbocycles. The number of anilines is 2. The van der Waals surface area contributed by atoms with E-state index in [4.69, 9.17) is 11.6 Å². The standard InChI is InChI=1S/C17H18ClN3O/c1-12-6-7-13(11-15(12)18)20-17(22)14-5-4-8-19-16(14)21-9-2-3-10-21/h4-8,11H,2-3,9-10H2,1H3,(H,20,22). The van der Waals surface area contributed by atoms with Gasteiger partial charge in [-0.3, -0.25) is 4.79 Å². The van der Waals surface area contributed by atoms with Crippen LogP contribution in [0.15, 0.2) is 36.5 Å². The van der Waals surface area contributed by atoms with Gasteiger partial charge in [0.25, 0.3) is 5.91 Å². The van der Waals surface area contributed by atoms with Crippen molar-refractivity contribution in [1.82, 2.24) is 4.98 Å². The van der Waals surface area contributed by atoms with Gasteiger partial charge >= 0.3 is 0 Å². The summed E-state index contributed by atoms with van der Waals surface area (Å²) in [4.78, 5) is 19.1. The van der Waals surface area contributed by atoms with E-state index in [2.05, 4.69) is 15.2 Å². The van der Waals surface area contributed by atoms with Crippen LogP contribution in [0.1, 0.15) is 28.8 Å². The van der Waals surface area contributed by atoms with Gasteiger partial charge in [-0.1, -0.05) is 17.7 Å². The summed E-state index contributed by atoms with van der Waals surface area (Å²) in [6.07, 6.45) is 4.02. The van der Waals surface area contributed by atoms with Crippen LogP contribution in [0, 0.1) is 6.92 Å². The minimum atomic E-state index is -0.157. The predicted octanol–water partition coefficient (Wildman–Crippen LogP) is 3.90. The molecule has 22 heavy (non-hydrogen) atoms. The fourth-order valence-electron chi connectivity index (χ4n) is 2.62. The highest BCUT2D eigenvalue weighted by molar-refractivity contribution is 6.31. The number of hydrogen-bond donors (Lipinski definition) is 1. The quantitative estimate of drug-likeness (QED) is 0.934. The predicted molar refractivity (Wildman–Crippen MR) is 89.8 cm³/mol. The highest BCUT2D eigenvalue weighted by Crippen LogP contribution is 2.24. The number of carbonyl (C=O) groups excluding carboxylic acids is 1. The van der Waals surface area contributed by atoms with Gasteiger partial charge in [-0.2, -0.15) is 0 Å². The maximum absolute atomic E-state index is 12.6. The van der Waals surface area contributed by atoms with Crippen LogP contribution < -0.4 is 10.2 Å². The molecule has 1 N–H and O–H groups in total. The van der Waals surface area contributed by atoms with E-state index in [0.717, 1.165) is 37.3 Å². The zero-order valence-corrected chi connectivity index (χ0v) is 13.2. The van der Waals surface area contributed by atoms with Gasteiger partial charge in [-0.05, 0) is 49.6 Å². The van der Waals surface area contributed by atoms with E-state index in [1.54, 1.807) is 18.3 Å². The number of nitrogens with zero attached hydrogens (tertiary/aromatic N) is 2. The molecule has 0 bridgehead atoms. The maximum Gasteiger partial charge on any atom is 0.259 e. The minimum Gasteiger partial charge on any atom is -0.356 e. The average molecular weight is 316 g/mol. The molecule has 0 atom stereocenters. The van der Waals surface area contributed by atoms with Crippen LogP contribution in [0.25, 0.3) is 0 Å². The summed E-state index contributed by atoms with van der Waals surface area (Å²) in [6.45, 7) is 3.84. The average Bonchev–Trinajstić information content (AvgIpc) is 3.05. The van der Waals surface area contributed by atoms with E-state index in [9.17, 15) is 4.79 Å². The Labute approximate surface area is 135 Å². The molecule has 4 nitrogen and oxygen atoms in total. The molecule has 0 unspecified atom stereocenters. The van der Waals surface area contributed by atoms with Gasteiger partial charge in [0, 0.05) is 30.0 Å². The second-order valence-electron chi connectivity index (χ2n) is 5.49. The second kappa shape index (κ2) is 6.36. The molecule has 0 spiro atoms. The monoisotopic (exact) mass is 315 g/mol. The first-order chi connectivity index (χ1) is 10.6. The number of halogens is 1. The van der Waals surface area contributed by atoms with Gasteiger partial charge in [-0.25, -0.2) is 4.98 Å². The molecule has 2 heterocycles. The Balaban J connectivity index is 1.84. The molecule has 3 rings (SSSR count). The van der Waals surface area contributed by atoms with Crippen LogP contribution in [0.2, 0.25) is 5.02 Å². The minimum absolute atomic E-state index is 0.157. The number of amides is 1. The summed E-state index contributed by atoms with van der Waals surface area (Å²) in [7, 11) is 0. The molecule has 2 aromatic rings. The zero-order chi connectivity index (χ0) is 15.5. The highest BCUT2D eigenvalue weighted by Gasteiger charge is 2.20. The van der Waals surface area contributed by atoms with Gasteiger partial charge in [0.1, 0.15) is 5.82 Å². The third-order valence-corrected chi connectivity index (χ3v) is 4.27. The summed E-state index contributed by atoms with van der Waals surface area (Å²) >= 11 is 6.11. The second-order valence-corrected chi connectivity index (χ2v) is 5.89. The number of nitrogens with one attached hydrogen (secondary N) is 1. The number of hydrogen-bond acceptors (Lipinski definition) is 3. The lowest BCUT2D eigenvalue weighted by Gasteiger charge is -2.19. The summed E-state index contributed by atoms with van der Waals surface area (Å²) in [6, 6.07) is 9.11. The number of aromatic nitrogens is 1. The van der Waals surface area contributed by atoms with Crippen LogP contribution in [0.3, 0.4) is 0 Å². The first-order valence-electron chi connectivity index (χ1n) is 7.42. The van der Waals surface area contributed by atoms with Crippen molar-refractivity contribution in [2.45, 2.75) is 19.8 Å². The summed E-state index contributed by atoms with van der Waals surface area (Å²) in [5.41, 5.74) is 2.27. The van der Waals surface area contributed by atoms with Crippen molar-refractivity contribution in [2.75, 3.05) is 23.3 Å². The van der Waals surface area contributed by atoms with E-state index in [0.29, 0.717) is 16.3 Å². The lowest BCUT2D eigenvalue weighted by atomic mass is 10.2. The van der Waals surface area contributed by atoms with Crippen molar-refractivity contribution in [3.05, 3.63) is 52.7 Å². The van der Waals surface area contributed by atoms with E-state index < -0.39 is 0 Å². The third kappa shape index (κ3) is 3.07. The molecule has 0 saturated carbocycles. The third-order valence-electron chi connectivity index (χ3n) is 3.87. The maximum atomic E-state index is 12.6. The number of rotatable bonds is 3. The fraction of sp³-hybridized carbons (Fsp3) is 0.294. The molecular formula is C17H18ClN3O. The Morgan fingerprint density at radius 1 is 1.27 bits per heavy atom. The Kier molecular flexibility index (Phi) is 4.29. The van der Waals surface area contributed by atoms with Gasteiger partial charge in [0.05, 0.1) is 5.56 Å². The number of carbonyl (C=O) groups is 1. The molecule has 0 aliphatic carbocycles. The first kappa shape index (κ1) is 14.9. The van der Waals surface area contributed by atoms with Crippen molar-refractivity contribution in [3.8, 4) is 0 Å². The Morgan fingerprint density at radius 2 is 2.05 bits per heavy atom. The van der Waals surface area contributed by atoms with Gasteiger partial charge in [0.15, 0.2) is 0 Å². The molecule has 0 radical (unpaired) electrons. The normalized spacial score (nSPS) is 14.2. The first-order valence-corrected chi connectivity index (χ1v) is 7.80. The largest absolute Gasteiger partial charge is 0.356 e. The van der Waals surface area contributed by atoms with Crippen molar-refractivity contribution in [1.29, 1.82) is 0 Å². The van der Waals surface area contributed by atoms with E-state index in [1.165, 1.54) is 0 Å². The van der Waals surface area contributed by atoms with E-state index in [-0.39, 0.29) is 5.91 Å². The van der Waals surface area contributed by atoms with Crippen LogP contribution in [0.5, 0.6) is 0 Å². The van der Waals surface area contributed by atoms with Gasteiger partial charge < -0.3 is 10.2 Å². The SMILES string of the molecule is Cc1ccc(NC(=O)c2cccnc2N2CCCC2)cc1Cl. The molecule has 114 valence electrons. The topological polar surface area (TPSA) is 45.2 Å². The Bertz CT molecular complexity index is 696. The molecule has 1 aromatic heterocycles. The molecule has 1 aliphatic rings. The molecule has 1 saturated heterocycles. The molecule has 1 amide bonds. The summed E-state index contributed by atoms with van der Waals surface area (Å²) in [5.74, 6) is 0.602. The van der Waals surface area contributed by atoms with Crippen LogP contribution in [-0.2, 0) is 0 Å². The Morgan fingerprint density at radius 3 is 2.77 bits per heavy atom. The van der Waals surface area contributed by atoms with E-state index in [1.807, 2.05) is 25.1 Å².